The van der Waals surface area contributed by atoms with Crippen LogP contribution in [0.5, 0.6) is 5.75 Å². The second-order valence-electron chi connectivity index (χ2n) is 18.9. The van der Waals surface area contributed by atoms with Crippen molar-refractivity contribution in [2.75, 3.05) is 64.4 Å². The summed E-state index contributed by atoms with van der Waals surface area (Å²) in [5.41, 5.74) is 10.1. The fourth-order valence-corrected chi connectivity index (χ4v) is 9.72. The van der Waals surface area contributed by atoms with E-state index in [2.05, 4.69) is 79.4 Å². The lowest BCUT2D eigenvalue weighted by Crippen LogP contribution is -2.54. The van der Waals surface area contributed by atoms with Gasteiger partial charge >= 0.3 is 0 Å². The van der Waals surface area contributed by atoms with E-state index in [0.29, 0.717) is 44.6 Å². The first kappa shape index (κ1) is 49.2. The van der Waals surface area contributed by atoms with E-state index in [1.165, 1.54) is 16.7 Å². The number of fused-ring (bicyclic) bond motifs is 1. The third-order valence-electron chi connectivity index (χ3n) is 13.8. The van der Waals surface area contributed by atoms with Crippen molar-refractivity contribution >= 4 is 35.2 Å². The molecule has 0 spiro atoms. The molecule has 5 N–H and O–H groups in total. The number of ether oxygens (including phenoxy) is 2. The third-order valence-corrected chi connectivity index (χ3v) is 13.8. The summed E-state index contributed by atoms with van der Waals surface area (Å²) >= 11 is 0. The molecular formula is C53H66N8O8. The number of unbranched alkanes of at least 4 members (excludes halogenated alkanes) is 3. The molecule has 69 heavy (non-hydrogen) atoms. The monoisotopic (exact) mass is 943 g/mol. The van der Waals surface area contributed by atoms with Gasteiger partial charge in [-0.3, -0.25) is 48.8 Å². The molecule has 4 aromatic rings. The zero-order chi connectivity index (χ0) is 48.4. The van der Waals surface area contributed by atoms with Crippen molar-refractivity contribution < 1.29 is 33.4 Å². The van der Waals surface area contributed by atoms with Gasteiger partial charge < -0.3 is 30.4 Å². The number of anilines is 1. The number of nitrogens with one attached hydrogen (secondary N) is 5. The molecule has 8 rings (SSSR count). The third kappa shape index (κ3) is 12.5. The van der Waals surface area contributed by atoms with Gasteiger partial charge in [0.25, 0.3) is 17.4 Å². The second kappa shape index (κ2) is 22.9. The minimum absolute atomic E-state index is 0.0400. The first-order valence-electron chi connectivity index (χ1n) is 24.6. The van der Waals surface area contributed by atoms with Gasteiger partial charge in [-0.1, -0.05) is 37.1 Å². The van der Waals surface area contributed by atoms with Crippen LogP contribution in [0.25, 0.3) is 11.1 Å². The molecule has 3 saturated heterocycles. The molecule has 0 bridgehead atoms. The highest BCUT2D eigenvalue weighted by Gasteiger charge is 2.44. The normalized spacial score (nSPS) is 18.1. The lowest BCUT2D eigenvalue weighted by Gasteiger charge is -2.34. The Morgan fingerprint density at radius 1 is 0.783 bits per heavy atom. The molecule has 16 nitrogen and oxygen atoms in total. The van der Waals surface area contributed by atoms with Gasteiger partial charge in [-0.2, -0.15) is 0 Å². The van der Waals surface area contributed by atoms with Crippen LogP contribution in [0.2, 0.25) is 0 Å². The lowest BCUT2D eigenvalue weighted by atomic mass is 9.96. The van der Waals surface area contributed by atoms with E-state index in [-0.39, 0.29) is 35.4 Å². The van der Waals surface area contributed by atoms with Crippen LogP contribution in [0.3, 0.4) is 0 Å². The van der Waals surface area contributed by atoms with Gasteiger partial charge in [0, 0.05) is 95.0 Å². The molecule has 0 aliphatic carbocycles. The number of aromatic nitrogens is 1. The Morgan fingerprint density at radius 2 is 1.52 bits per heavy atom. The number of pyridine rings is 1. The summed E-state index contributed by atoms with van der Waals surface area (Å²) < 4.78 is 11.5. The predicted molar refractivity (Wildman–Crippen MR) is 263 cm³/mol. The molecule has 5 heterocycles. The number of amides is 5. The molecule has 3 fully saturated rings. The Labute approximate surface area is 403 Å². The summed E-state index contributed by atoms with van der Waals surface area (Å²) in [4.78, 5) is 84.0. The molecule has 0 radical (unpaired) electrons. The van der Waals surface area contributed by atoms with E-state index in [1.807, 2.05) is 19.9 Å². The lowest BCUT2D eigenvalue weighted by molar-refractivity contribution is -0.136. The van der Waals surface area contributed by atoms with Gasteiger partial charge in [0.1, 0.15) is 11.8 Å². The largest absolute Gasteiger partial charge is 0.494 e. The van der Waals surface area contributed by atoms with Crippen LogP contribution in [0.1, 0.15) is 106 Å². The van der Waals surface area contributed by atoms with Crippen LogP contribution in [0.4, 0.5) is 5.69 Å². The van der Waals surface area contributed by atoms with Gasteiger partial charge in [0.15, 0.2) is 0 Å². The molecule has 1 unspecified atom stereocenters. The van der Waals surface area contributed by atoms with E-state index < -0.39 is 29.7 Å². The maximum atomic E-state index is 13.1. The molecular weight excluding hydrogens is 877 g/mol. The standard InChI is InChI=1S/C53H66N8O8/c1-34-26-35(2)56-50(64)45(34)31-54-30-40-27-39(28-46(36(40)3)57-41-16-24-68-25-17-41)38-10-8-37(9-11-38)32-59-19-21-60(22-20-59)33-49(63)55-18-6-4-5-7-23-69-42-12-13-43-44(29-42)53(67)61(52(43)66)47-14-15-48(62)58-51(47)65/h8-13,26-29,41,47,54,57H,4-7,14-25,30-33H2,1-3H3,(H,55,63)(H,56,64)(H,58,62,65). The highest BCUT2D eigenvalue weighted by molar-refractivity contribution is 6.23. The van der Waals surface area contributed by atoms with Crippen LogP contribution in [0.15, 0.2) is 65.5 Å². The van der Waals surface area contributed by atoms with Crippen LogP contribution in [0, 0.1) is 20.8 Å². The summed E-state index contributed by atoms with van der Waals surface area (Å²) in [7, 11) is 0. The number of nitrogens with zero attached hydrogens (tertiary/aromatic N) is 3. The number of imide groups is 2. The maximum absolute atomic E-state index is 13.1. The Morgan fingerprint density at radius 3 is 2.28 bits per heavy atom. The van der Waals surface area contributed by atoms with Crippen LogP contribution >= 0.6 is 0 Å². The molecule has 4 aliphatic rings. The van der Waals surface area contributed by atoms with E-state index in [0.717, 1.165) is 123 Å². The Bertz CT molecular complexity index is 2580. The average molecular weight is 943 g/mol. The Balaban J connectivity index is 0.730. The summed E-state index contributed by atoms with van der Waals surface area (Å²) in [6, 6.07) is 19.5. The average Bonchev–Trinajstić information content (AvgIpc) is 3.57. The maximum Gasteiger partial charge on any atom is 0.262 e. The van der Waals surface area contributed by atoms with Crippen LogP contribution in [-0.2, 0) is 38.8 Å². The van der Waals surface area contributed by atoms with Crippen molar-refractivity contribution in [2.24, 2.45) is 0 Å². The molecule has 366 valence electrons. The van der Waals surface area contributed by atoms with Crippen molar-refractivity contribution in [1.82, 2.24) is 35.6 Å². The van der Waals surface area contributed by atoms with Gasteiger partial charge in [0.2, 0.25) is 17.7 Å². The molecule has 4 aliphatic heterocycles. The zero-order valence-electron chi connectivity index (χ0n) is 40.2. The topological polar surface area (TPSA) is 195 Å². The fraction of sp³-hybridized carbons (Fsp3) is 0.472. The first-order valence-corrected chi connectivity index (χ1v) is 24.6. The number of hydrogen-bond acceptors (Lipinski definition) is 12. The van der Waals surface area contributed by atoms with Crippen molar-refractivity contribution in [3.8, 4) is 16.9 Å². The van der Waals surface area contributed by atoms with Crippen LogP contribution < -0.4 is 31.6 Å². The number of carbonyl (C=O) groups is 5. The van der Waals surface area contributed by atoms with E-state index >= 15 is 0 Å². The number of aromatic amines is 1. The number of piperidine rings is 1. The summed E-state index contributed by atoms with van der Waals surface area (Å²) in [5, 5.41) is 12.7. The molecule has 5 amide bonds. The minimum atomic E-state index is -1.00. The molecule has 3 aromatic carbocycles. The summed E-state index contributed by atoms with van der Waals surface area (Å²) in [6.07, 6.45) is 5.61. The highest BCUT2D eigenvalue weighted by atomic mass is 16.5. The number of benzene rings is 3. The van der Waals surface area contributed by atoms with Crippen LogP contribution in [-0.4, -0.2) is 120 Å². The van der Waals surface area contributed by atoms with Crippen molar-refractivity contribution in [3.05, 3.63) is 116 Å². The second-order valence-corrected chi connectivity index (χ2v) is 18.9. The van der Waals surface area contributed by atoms with E-state index in [1.54, 1.807) is 18.2 Å². The summed E-state index contributed by atoms with van der Waals surface area (Å²) in [5.74, 6) is -1.64. The van der Waals surface area contributed by atoms with Gasteiger partial charge in [-0.05, 0) is 123 Å². The van der Waals surface area contributed by atoms with Crippen molar-refractivity contribution in [2.45, 2.75) is 104 Å². The number of carbonyl (C=O) groups excluding carboxylic acids is 5. The number of aryl methyl sites for hydroxylation is 2. The first-order chi connectivity index (χ1) is 33.4. The Kier molecular flexibility index (Phi) is 16.4. The van der Waals surface area contributed by atoms with Crippen molar-refractivity contribution in [1.29, 1.82) is 0 Å². The van der Waals surface area contributed by atoms with Gasteiger partial charge in [-0.15, -0.1) is 0 Å². The number of rotatable bonds is 20. The minimum Gasteiger partial charge on any atom is -0.494 e. The molecule has 1 atom stereocenters. The Hall–Kier alpha value is -6.20. The van der Waals surface area contributed by atoms with Crippen molar-refractivity contribution in [3.63, 3.8) is 0 Å². The molecule has 1 aromatic heterocycles. The number of H-pyrrole nitrogens is 1. The van der Waals surface area contributed by atoms with E-state index in [9.17, 15) is 28.8 Å². The van der Waals surface area contributed by atoms with E-state index in [4.69, 9.17) is 9.47 Å². The highest BCUT2D eigenvalue weighted by Crippen LogP contribution is 2.32. The smallest absolute Gasteiger partial charge is 0.262 e. The zero-order valence-corrected chi connectivity index (χ0v) is 40.2. The summed E-state index contributed by atoms with van der Waals surface area (Å²) in [6.45, 7) is 14.5. The fourth-order valence-electron chi connectivity index (χ4n) is 9.72. The SMILES string of the molecule is Cc1cc(C)c(CNCc2cc(-c3ccc(CN4CCN(CC(=O)NCCCCCCOc5ccc6c(c5)C(=O)N(C5CCC(=O)NC5=O)C6=O)CC4)cc3)cc(NC3CCOCC3)c2C)c(=O)[nH]1. The molecule has 16 heteroatoms. The van der Waals surface area contributed by atoms with Gasteiger partial charge in [-0.25, -0.2) is 0 Å². The quantitative estimate of drug-likeness (QED) is 0.0581. The van der Waals surface area contributed by atoms with Gasteiger partial charge in [0.05, 0.1) is 24.3 Å². The molecule has 0 saturated carbocycles. The predicted octanol–water partition coefficient (Wildman–Crippen LogP) is 5.12. The number of hydrogen-bond donors (Lipinski definition) is 5. The number of piperazine rings is 1.